The van der Waals surface area contributed by atoms with Crippen LogP contribution < -0.4 is 0 Å². The smallest absolute Gasteiger partial charge is 0.0620 e. The lowest BCUT2D eigenvalue weighted by molar-refractivity contribution is 0.867. The van der Waals surface area contributed by atoms with Crippen LogP contribution in [0.4, 0.5) is 0 Å². The maximum Gasteiger partial charge on any atom is 0.0620 e. The number of rotatable bonds is 13. The van der Waals surface area contributed by atoms with Crippen LogP contribution in [0.15, 0.2) is 346 Å². The number of nitrogens with zero attached hydrogens (tertiary/aromatic N) is 3. The van der Waals surface area contributed by atoms with Gasteiger partial charge in [-0.05, 0) is 321 Å². The van der Waals surface area contributed by atoms with Crippen molar-refractivity contribution < 1.29 is 0 Å². The van der Waals surface area contributed by atoms with Crippen LogP contribution in [0.2, 0.25) is 0 Å². The molecule has 0 fully saturated rings. The van der Waals surface area contributed by atoms with Crippen molar-refractivity contribution in [1.82, 2.24) is 13.2 Å². The Morgan fingerprint density at radius 2 is 0.326 bits per heavy atom. The van der Waals surface area contributed by atoms with Gasteiger partial charge in [-0.15, -0.1) is 0 Å². The molecule has 0 saturated carbocycles. The Labute approximate surface area is 790 Å². The van der Waals surface area contributed by atoms with Crippen LogP contribution in [0.25, 0.3) is 235 Å². The number of fused-ring (bicyclic) bond motifs is 24. The molecule has 0 N–H and O–H groups in total. The van der Waals surface area contributed by atoms with Gasteiger partial charge in [0.05, 0.1) is 49.7 Å². The maximum absolute atomic E-state index is 2.55. The summed E-state index contributed by atoms with van der Waals surface area (Å²) in [6.45, 7) is 36.5. The molecule has 0 saturated heterocycles. The summed E-state index contributed by atoms with van der Waals surface area (Å²) >= 11 is 0. The van der Waals surface area contributed by atoms with E-state index >= 15 is 0 Å². The first-order valence-corrected chi connectivity index (χ1v) is 49.3. The number of aromatic nitrogens is 3. The third kappa shape index (κ3) is 13.8. The Morgan fingerprint density at radius 3 is 0.570 bits per heavy atom. The van der Waals surface area contributed by atoms with E-state index in [-0.39, 0.29) is 0 Å². The summed E-state index contributed by atoms with van der Waals surface area (Å²) in [6.07, 6.45) is 0. The number of hydrogen-bond acceptors (Lipinski definition) is 0. The topological polar surface area (TPSA) is 13.2 Å². The van der Waals surface area contributed by atoms with Crippen molar-refractivity contribution in [1.29, 1.82) is 0 Å². The Kier molecular flexibility index (Phi) is 19.8. The van der Waals surface area contributed by atoms with Crippen LogP contribution >= 0.6 is 0 Å². The van der Waals surface area contributed by atoms with E-state index in [0.717, 1.165) is 0 Å². The van der Waals surface area contributed by atoms with Gasteiger partial charge in [0.15, 0.2) is 0 Å². The molecule has 135 heavy (non-hydrogen) atoms. The molecule has 0 amide bonds. The van der Waals surface area contributed by atoms with E-state index in [2.05, 4.69) is 470 Å². The monoisotopic (exact) mass is 1740 g/mol. The van der Waals surface area contributed by atoms with E-state index in [1.807, 2.05) is 0 Å². The zero-order chi connectivity index (χ0) is 92.1. The van der Waals surface area contributed by atoms with Gasteiger partial charge in [0.2, 0.25) is 0 Å². The predicted octanol–water partition coefficient (Wildman–Crippen LogP) is 38.8. The van der Waals surface area contributed by atoms with E-state index < -0.39 is 0 Å². The molecule has 6 heterocycles. The molecule has 0 radical (unpaired) electrons. The molecule has 0 spiro atoms. The van der Waals surface area contributed by atoms with Gasteiger partial charge in [-0.1, -0.05) is 347 Å². The molecule has 0 aliphatic heterocycles. The minimum atomic E-state index is 0.443. The Morgan fingerprint density at radius 1 is 0.133 bits per heavy atom. The van der Waals surface area contributed by atoms with Crippen molar-refractivity contribution in [3.63, 3.8) is 0 Å². The molecule has 0 unspecified atom stereocenters. The highest BCUT2D eigenvalue weighted by molar-refractivity contribution is 6.31. The Hall–Kier alpha value is -14.6. The molecule has 26 aromatic rings. The normalized spacial score (nSPS) is 12.5. The second kappa shape index (κ2) is 32.1. The van der Waals surface area contributed by atoms with Crippen molar-refractivity contribution in [2.24, 2.45) is 0 Å². The van der Waals surface area contributed by atoms with Crippen LogP contribution in [-0.4, -0.2) is 13.2 Å². The predicted molar refractivity (Wildman–Crippen MR) is 588 cm³/mol. The molecule has 0 aliphatic carbocycles. The first-order chi connectivity index (χ1) is 65.4. The standard InChI is InChI=1S/2C47H41N.C38H31N/c1-27(2)31-12-14-34-25-45-41(21-36(34)18-31)43-23-38(39-17-16-33(29(5)6)20-40(39)30-10-8-7-9-11-30)24-44-42-22-37-19-32(28(3)4)13-15-35(37)26-46(42)48(45)47(43)44;1-27(2)31-12-14-34-25-45-41(21-36(34)18-31)43-23-38(40-20-33(29(5)6)16-17-39(40)30-10-8-7-9-11-30)24-44-42-22-37-19-32(28(3)4)13-15-35(37)26-46(42)48(45)47(43)44;1-22(2)25-10-12-27-20-36-32(16-29(27)14-25)34-18-31(24-8-6-5-7-9-24)19-35-33-17-30-15-26(23(3)4)11-13-28(30)21-37(33)39(36)38(34)35/h2*7-29H,1-6H3;5-23H,1-4H3. The highest BCUT2D eigenvalue weighted by Crippen LogP contribution is 2.51. The van der Waals surface area contributed by atoms with E-state index in [0.29, 0.717) is 47.3 Å². The lowest BCUT2D eigenvalue weighted by Crippen LogP contribution is -1.92. The summed E-state index contributed by atoms with van der Waals surface area (Å²) in [6, 6.07) is 133. The fraction of sp³-hybridized carbons (Fsp3) is 0.182. The molecule has 6 aromatic heterocycles. The van der Waals surface area contributed by atoms with Crippen molar-refractivity contribution in [2.45, 2.75) is 158 Å². The van der Waals surface area contributed by atoms with E-state index in [9.17, 15) is 0 Å². The molecule has 656 valence electrons. The Balaban J connectivity index is 0.000000112. The fourth-order valence-electron chi connectivity index (χ4n) is 22.5. The fourth-order valence-corrected chi connectivity index (χ4v) is 22.5. The van der Waals surface area contributed by atoms with Crippen LogP contribution in [-0.2, 0) is 0 Å². The van der Waals surface area contributed by atoms with E-state index in [4.69, 9.17) is 0 Å². The summed E-state index contributed by atoms with van der Waals surface area (Å²) in [5.41, 5.74) is 35.5. The lowest BCUT2D eigenvalue weighted by atomic mass is 9.89. The SMILES string of the molecule is CC(C)c1ccc(-c2cc3c4cc5cc(C(C)C)ccc5cc4n4c5cc6ccc(C(C)C)cc6cc5c(c2)c34)c(-c2ccccc2)c1.CC(C)c1ccc(-c2ccccc2)c(-c2cc3c4cc5cc(C(C)C)ccc5cc4n4c5cc6ccc(C(C)C)cc6cc5c(c2)c34)c1.CC(C)c1ccc2cc3c(cc2c1)c1cc(-c2ccccc2)cc2c4cc5cc(C(C)C)ccc5cc4n3c12. The van der Waals surface area contributed by atoms with Crippen molar-refractivity contribution >= 4 is 179 Å². The zero-order valence-corrected chi connectivity index (χ0v) is 80.4. The van der Waals surface area contributed by atoms with Crippen LogP contribution in [0, 0.1) is 0 Å². The molecule has 0 atom stereocenters. The average Bonchev–Trinajstić information content (AvgIpc) is 1.54. The first-order valence-electron chi connectivity index (χ1n) is 49.3. The minimum absolute atomic E-state index is 0.443. The molecule has 3 nitrogen and oxygen atoms in total. The van der Waals surface area contributed by atoms with E-state index in [1.54, 1.807) is 0 Å². The molecule has 0 aliphatic rings. The summed E-state index contributed by atoms with van der Waals surface area (Å²) in [5, 5.41) is 31.6. The van der Waals surface area contributed by atoms with Crippen LogP contribution in [0.3, 0.4) is 0 Å². The summed E-state index contributed by atoms with van der Waals surface area (Å²) in [4.78, 5) is 0. The lowest BCUT2D eigenvalue weighted by Gasteiger charge is -2.15. The highest BCUT2D eigenvalue weighted by Gasteiger charge is 2.28. The van der Waals surface area contributed by atoms with Crippen molar-refractivity contribution in [3.05, 3.63) is 390 Å². The molecule has 3 heteroatoms. The van der Waals surface area contributed by atoms with E-state index in [1.165, 1.54) is 279 Å². The van der Waals surface area contributed by atoms with Gasteiger partial charge in [0.1, 0.15) is 0 Å². The first kappa shape index (κ1) is 83.4. The summed E-state index contributed by atoms with van der Waals surface area (Å²) in [5.74, 6) is 3.89. The van der Waals surface area contributed by atoms with Crippen LogP contribution in [0.1, 0.15) is 203 Å². The van der Waals surface area contributed by atoms with Gasteiger partial charge in [0.25, 0.3) is 0 Å². The van der Waals surface area contributed by atoms with Crippen molar-refractivity contribution in [3.8, 4) is 55.6 Å². The zero-order valence-electron chi connectivity index (χ0n) is 80.4. The van der Waals surface area contributed by atoms with Gasteiger partial charge >= 0.3 is 0 Å². The molecule has 0 bridgehead atoms. The van der Waals surface area contributed by atoms with Crippen LogP contribution in [0.5, 0.6) is 0 Å². The van der Waals surface area contributed by atoms with Crippen molar-refractivity contribution in [2.75, 3.05) is 0 Å². The number of benzene rings is 20. The quantitative estimate of drug-likeness (QED) is 0.109. The molecule has 20 aromatic carbocycles. The second-order valence-electron chi connectivity index (χ2n) is 41.6. The van der Waals surface area contributed by atoms with Gasteiger partial charge in [-0.2, -0.15) is 0 Å². The summed E-state index contributed by atoms with van der Waals surface area (Å²) in [7, 11) is 0. The van der Waals surface area contributed by atoms with Gasteiger partial charge in [0, 0.05) is 64.6 Å². The molecule has 26 rings (SSSR count). The highest BCUT2D eigenvalue weighted by atomic mass is 14.9. The maximum atomic E-state index is 2.55. The Bertz CT molecular complexity index is 8880. The third-order valence-corrected chi connectivity index (χ3v) is 30.4. The molecular formula is C132H113N3. The van der Waals surface area contributed by atoms with Gasteiger partial charge in [-0.25, -0.2) is 0 Å². The second-order valence-corrected chi connectivity index (χ2v) is 41.6. The van der Waals surface area contributed by atoms with Gasteiger partial charge < -0.3 is 13.2 Å². The number of hydrogen-bond donors (Lipinski definition) is 0. The molecular weight excluding hydrogens is 1630 g/mol. The average molecular weight is 1740 g/mol. The minimum Gasteiger partial charge on any atom is -0.308 e. The third-order valence-electron chi connectivity index (χ3n) is 30.4. The largest absolute Gasteiger partial charge is 0.308 e. The summed E-state index contributed by atoms with van der Waals surface area (Å²) < 4.78 is 7.62. The van der Waals surface area contributed by atoms with Gasteiger partial charge in [-0.3, -0.25) is 0 Å².